The van der Waals surface area contributed by atoms with Crippen molar-refractivity contribution in [3.63, 3.8) is 0 Å². The van der Waals surface area contributed by atoms with E-state index < -0.39 is 0 Å². The highest BCUT2D eigenvalue weighted by Gasteiger charge is 2.09. The molecule has 3 rings (SSSR count). The van der Waals surface area contributed by atoms with Gasteiger partial charge in [0.05, 0.1) is 12.7 Å². The van der Waals surface area contributed by atoms with Crippen molar-refractivity contribution in [1.29, 1.82) is 0 Å². The van der Waals surface area contributed by atoms with Crippen molar-refractivity contribution in [3.05, 3.63) is 65.1 Å². The van der Waals surface area contributed by atoms with Gasteiger partial charge in [0.2, 0.25) is 0 Å². The van der Waals surface area contributed by atoms with Gasteiger partial charge in [-0.2, -0.15) is 5.10 Å². The summed E-state index contributed by atoms with van der Waals surface area (Å²) in [7, 11) is 1.36. The molecule has 21 heavy (non-hydrogen) atoms. The van der Waals surface area contributed by atoms with Gasteiger partial charge >= 0.3 is 5.97 Å². The number of rotatable bonds is 3. The SMILES string of the molecule is COC(=O)c1ccc2nc(Cc3cccc(C)c3)nn2c1. The lowest BCUT2D eigenvalue weighted by Gasteiger charge is -1.98. The number of carbonyl (C=O) groups is 1. The summed E-state index contributed by atoms with van der Waals surface area (Å²) in [5, 5.41) is 4.41. The number of hydrogen-bond acceptors (Lipinski definition) is 4. The highest BCUT2D eigenvalue weighted by molar-refractivity contribution is 5.89. The van der Waals surface area contributed by atoms with E-state index in [9.17, 15) is 4.79 Å². The Labute approximate surface area is 122 Å². The van der Waals surface area contributed by atoms with E-state index >= 15 is 0 Å². The largest absolute Gasteiger partial charge is 0.465 e. The summed E-state index contributed by atoms with van der Waals surface area (Å²) < 4.78 is 6.31. The van der Waals surface area contributed by atoms with Crippen LogP contribution in [0.3, 0.4) is 0 Å². The Kier molecular flexibility index (Phi) is 3.39. The molecule has 0 amide bonds. The molecule has 0 N–H and O–H groups in total. The molecule has 2 heterocycles. The van der Waals surface area contributed by atoms with Gasteiger partial charge in [-0.15, -0.1) is 0 Å². The zero-order valence-corrected chi connectivity index (χ0v) is 11.9. The number of methoxy groups -OCH3 is 1. The Balaban J connectivity index is 1.92. The third-order valence-electron chi connectivity index (χ3n) is 3.24. The van der Waals surface area contributed by atoms with Crippen molar-refractivity contribution in [1.82, 2.24) is 14.6 Å². The minimum Gasteiger partial charge on any atom is -0.465 e. The summed E-state index contributed by atoms with van der Waals surface area (Å²) in [4.78, 5) is 16.0. The molecular formula is C16H15N3O2. The fourth-order valence-corrected chi connectivity index (χ4v) is 2.25. The van der Waals surface area contributed by atoms with Crippen molar-refractivity contribution in [2.24, 2.45) is 0 Å². The molecule has 3 aromatic rings. The molecule has 2 aromatic heterocycles. The van der Waals surface area contributed by atoms with Gasteiger partial charge in [0.25, 0.3) is 0 Å². The zero-order chi connectivity index (χ0) is 14.8. The predicted octanol–water partition coefficient (Wildman–Crippen LogP) is 2.42. The van der Waals surface area contributed by atoms with Crippen LogP contribution in [-0.4, -0.2) is 27.7 Å². The van der Waals surface area contributed by atoms with Crippen molar-refractivity contribution in [3.8, 4) is 0 Å². The van der Waals surface area contributed by atoms with Crippen LogP contribution in [0.15, 0.2) is 42.6 Å². The highest BCUT2D eigenvalue weighted by Crippen LogP contribution is 2.11. The number of aromatic nitrogens is 3. The van der Waals surface area contributed by atoms with Gasteiger partial charge < -0.3 is 4.74 Å². The van der Waals surface area contributed by atoms with Crippen molar-refractivity contribution >= 4 is 11.6 Å². The van der Waals surface area contributed by atoms with Gasteiger partial charge in [0.15, 0.2) is 11.5 Å². The smallest absolute Gasteiger partial charge is 0.339 e. The summed E-state index contributed by atoms with van der Waals surface area (Å²) in [6.07, 6.45) is 2.30. The van der Waals surface area contributed by atoms with Crippen molar-refractivity contribution < 1.29 is 9.53 Å². The molecule has 1 aromatic carbocycles. The quantitative estimate of drug-likeness (QED) is 0.692. The Morgan fingerprint density at radius 1 is 1.29 bits per heavy atom. The maximum Gasteiger partial charge on any atom is 0.339 e. The van der Waals surface area contributed by atoms with Gasteiger partial charge in [-0.1, -0.05) is 29.8 Å². The van der Waals surface area contributed by atoms with Crippen LogP contribution in [0.5, 0.6) is 0 Å². The second kappa shape index (κ2) is 5.36. The van der Waals surface area contributed by atoms with Crippen LogP contribution in [0.1, 0.15) is 27.3 Å². The maximum atomic E-state index is 11.5. The first-order valence-corrected chi connectivity index (χ1v) is 6.65. The molecule has 0 saturated heterocycles. The summed E-state index contributed by atoms with van der Waals surface area (Å²) in [5.41, 5.74) is 3.55. The first-order valence-electron chi connectivity index (χ1n) is 6.65. The first-order chi connectivity index (χ1) is 10.2. The van der Waals surface area contributed by atoms with Crippen LogP contribution in [0.2, 0.25) is 0 Å². The van der Waals surface area contributed by atoms with E-state index in [-0.39, 0.29) is 5.97 Å². The summed E-state index contributed by atoms with van der Waals surface area (Å²) >= 11 is 0. The third kappa shape index (κ3) is 2.76. The molecule has 0 aliphatic carbocycles. The normalized spacial score (nSPS) is 10.8. The van der Waals surface area contributed by atoms with E-state index in [0.717, 1.165) is 5.82 Å². The van der Waals surface area contributed by atoms with Crippen LogP contribution < -0.4 is 0 Å². The third-order valence-corrected chi connectivity index (χ3v) is 3.24. The fourth-order valence-electron chi connectivity index (χ4n) is 2.25. The number of aryl methyl sites for hydroxylation is 1. The van der Waals surface area contributed by atoms with E-state index in [4.69, 9.17) is 4.74 Å². The minimum absolute atomic E-state index is 0.382. The number of esters is 1. The molecule has 0 fully saturated rings. The first kappa shape index (κ1) is 13.3. The summed E-state index contributed by atoms with van der Waals surface area (Å²) in [5.74, 6) is 0.343. The van der Waals surface area contributed by atoms with Crippen LogP contribution in [0.25, 0.3) is 5.65 Å². The molecule has 0 aliphatic heterocycles. The maximum absolute atomic E-state index is 11.5. The van der Waals surface area contributed by atoms with Crippen LogP contribution in [-0.2, 0) is 11.2 Å². The van der Waals surface area contributed by atoms with E-state index in [1.54, 1.807) is 22.8 Å². The van der Waals surface area contributed by atoms with Crippen LogP contribution in [0.4, 0.5) is 0 Å². The van der Waals surface area contributed by atoms with Gasteiger partial charge in [-0.3, -0.25) is 0 Å². The molecule has 0 atom stereocenters. The standard InChI is InChI=1S/C16H15N3O2/c1-11-4-3-5-12(8-11)9-14-17-15-7-6-13(16(20)21-2)10-19(15)18-14/h3-8,10H,9H2,1-2H3. The number of fused-ring (bicyclic) bond motifs is 1. The topological polar surface area (TPSA) is 56.5 Å². The molecule has 0 aliphatic rings. The molecule has 0 radical (unpaired) electrons. The van der Waals surface area contributed by atoms with E-state index in [0.29, 0.717) is 17.6 Å². The van der Waals surface area contributed by atoms with Gasteiger partial charge in [0, 0.05) is 12.6 Å². The van der Waals surface area contributed by atoms with Gasteiger partial charge in [-0.05, 0) is 24.6 Å². The Morgan fingerprint density at radius 3 is 2.90 bits per heavy atom. The van der Waals surface area contributed by atoms with E-state index in [1.165, 1.54) is 18.2 Å². The molecule has 5 heteroatoms. The number of carbonyl (C=O) groups excluding carboxylic acids is 1. The lowest BCUT2D eigenvalue weighted by molar-refractivity contribution is 0.0600. The Bertz CT molecular complexity index is 808. The van der Waals surface area contributed by atoms with Crippen LogP contribution >= 0.6 is 0 Å². The predicted molar refractivity (Wildman–Crippen MR) is 78.3 cm³/mol. The zero-order valence-electron chi connectivity index (χ0n) is 11.9. The second-order valence-corrected chi connectivity index (χ2v) is 4.91. The molecule has 0 saturated carbocycles. The summed E-state index contributed by atoms with van der Waals surface area (Å²) in [6.45, 7) is 2.06. The Morgan fingerprint density at radius 2 is 2.14 bits per heavy atom. The Hall–Kier alpha value is -2.69. The second-order valence-electron chi connectivity index (χ2n) is 4.91. The number of nitrogens with zero attached hydrogens (tertiary/aromatic N) is 3. The molecule has 106 valence electrons. The number of pyridine rings is 1. The average Bonchev–Trinajstić information content (AvgIpc) is 2.87. The number of hydrogen-bond donors (Lipinski definition) is 0. The molecule has 5 nitrogen and oxygen atoms in total. The van der Waals surface area contributed by atoms with E-state index in [2.05, 4.69) is 35.2 Å². The van der Waals surface area contributed by atoms with Crippen molar-refractivity contribution in [2.75, 3.05) is 7.11 Å². The lowest BCUT2D eigenvalue weighted by atomic mass is 10.1. The average molecular weight is 281 g/mol. The van der Waals surface area contributed by atoms with Gasteiger partial charge in [-0.25, -0.2) is 14.3 Å². The monoisotopic (exact) mass is 281 g/mol. The van der Waals surface area contributed by atoms with Gasteiger partial charge in [0.1, 0.15) is 0 Å². The molecule has 0 spiro atoms. The van der Waals surface area contributed by atoms with Crippen LogP contribution in [0, 0.1) is 6.92 Å². The number of ether oxygens (including phenoxy) is 1. The highest BCUT2D eigenvalue weighted by atomic mass is 16.5. The summed E-state index contributed by atoms with van der Waals surface area (Å²) in [6, 6.07) is 11.7. The fraction of sp³-hybridized carbons (Fsp3) is 0.188. The lowest BCUT2D eigenvalue weighted by Crippen LogP contribution is -2.03. The van der Waals surface area contributed by atoms with Crippen molar-refractivity contribution in [2.45, 2.75) is 13.3 Å². The molecule has 0 bridgehead atoms. The molecular weight excluding hydrogens is 266 g/mol. The minimum atomic E-state index is -0.382. The molecule has 0 unspecified atom stereocenters. The number of benzene rings is 1. The van der Waals surface area contributed by atoms with E-state index in [1.807, 2.05) is 6.07 Å².